The van der Waals surface area contributed by atoms with E-state index in [1.165, 1.54) is 0 Å². The van der Waals surface area contributed by atoms with E-state index in [0.29, 0.717) is 18.9 Å². The van der Waals surface area contributed by atoms with Gasteiger partial charge in [-0.25, -0.2) is 0 Å². The summed E-state index contributed by atoms with van der Waals surface area (Å²) in [6, 6.07) is 11.2. The molecule has 1 amide bonds. The molecule has 6 heteroatoms. The van der Waals surface area contributed by atoms with Crippen molar-refractivity contribution in [3.63, 3.8) is 0 Å². The number of rotatable bonds is 8. The van der Waals surface area contributed by atoms with Gasteiger partial charge in [0.25, 0.3) is 5.91 Å². The lowest BCUT2D eigenvalue weighted by molar-refractivity contribution is 0.0905. The predicted molar refractivity (Wildman–Crippen MR) is 91.2 cm³/mol. The van der Waals surface area contributed by atoms with E-state index in [1.54, 1.807) is 26.4 Å². The summed E-state index contributed by atoms with van der Waals surface area (Å²) in [6.07, 6.45) is 0. The molecule has 1 N–H and O–H groups in total. The van der Waals surface area contributed by atoms with Crippen LogP contribution >= 0.6 is 0 Å². The maximum absolute atomic E-state index is 12.3. The highest BCUT2D eigenvalue weighted by Gasteiger charge is 2.20. The van der Waals surface area contributed by atoms with Gasteiger partial charge in [0, 0.05) is 19.2 Å². The number of furan rings is 1. The van der Waals surface area contributed by atoms with E-state index in [0.717, 1.165) is 11.3 Å². The van der Waals surface area contributed by atoms with Gasteiger partial charge in [0.2, 0.25) is 0 Å². The van der Waals surface area contributed by atoms with Crippen LogP contribution in [-0.4, -0.2) is 45.7 Å². The van der Waals surface area contributed by atoms with Gasteiger partial charge in [0.15, 0.2) is 5.76 Å². The first kappa shape index (κ1) is 18.0. The van der Waals surface area contributed by atoms with Gasteiger partial charge in [-0.1, -0.05) is 18.2 Å². The first-order valence-corrected chi connectivity index (χ1v) is 7.72. The largest absolute Gasteiger partial charge is 0.496 e. The average molecular weight is 332 g/mol. The van der Waals surface area contributed by atoms with Crippen molar-refractivity contribution in [2.75, 3.05) is 34.9 Å². The SMILES string of the molecule is COCc1ccc(C(=O)NCC(c2ccccc2OC)N(C)C)o1. The van der Waals surface area contributed by atoms with Crippen molar-refractivity contribution in [2.24, 2.45) is 0 Å². The van der Waals surface area contributed by atoms with E-state index in [1.807, 2.05) is 43.3 Å². The summed E-state index contributed by atoms with van der Waals surface area (Å²) in [4.78, 5) is 14.3. The summed E-state index contributed by atoms with van der Waals surface area (Å²) < 4.78 is 15.9. The van der Waals surface area contributed by atoms with Crippen LogP contribution in [0.1, 0.15) is 27.9 Å². The molecule has 6 nitrogen and oxygen atoms in total. The van der Waals surface area contributed by atoms with Gasteiger partial charge in [-0.2, -0.15) is 0 Å². The van der Waals surface area contributed by atoms with Gasteiger partial charge in [-0.05, 0) is 32.3 Å². The summed E-state index contributed by atoms with van der Waals surface area (Å²) >= 11 is 0. The molecule has 0 radical (unpaired) electrons. The Morgan fingerprint density at radius 3 is 2.62 bits per heavy atom. The normalized spacial score (nSPS) is 12.2. The molecule has 2 aromatic rings. The second-order valence-electron chi connectivity index (χ2n) is 5.63. The third kappa shape index (κ3) is 4.37. The molecule has 0 fully saturated rings. The second kappa shape index (κ2) is 8.52. The monoisotopic (exact) mass is 332 g/mol. The Labute approximate surface area is 142 Å². The number of nitrogens with one attached hydrogen (secondary N) is 1. The molecular formula is C18H24N2O4. The van der Waals surface area contributed by atoms with Crippen LogP contribution in [0.5, 0.6) is 5.75 Å². The molecule has 1 atom stereocenters. The van der Waals surface area contributed by atoms with Gasteiger partial charge in [-0.3, -0.25) is 4.79 Å². The zero-order valence-corrected chi connectivity index (χ0v) is 14.5. The van der Waals surface area contributed by atoms with Crippen molar-refractivity contribution in [1.29, 1.82) is 0 Å². The maximum Gasteiger partial charge on any atom is 0.287 e. The molecule has 2 rings (SSSR count). The van der Waals surface area contributed by atoms with Crippen LogP contribution in [-0.2, 0) is 11.3 Å². The summed E-state index contributed by atoms with van der Waals surface area (Å²) in [7, 11) is 7.15. The number of hydrogen-bond donors (Lipinski definition) is 1. The number of carbonyl (C=O) groups excluding carboxylic acids is 1. The van der Waals surface area contributed by atoms with Crippen LogP contribution < -0.4 is 10.1 Å². The maximum atomic E-state index is 12.3. The minimum atomic E-state index is -0.251. The molecule has 130 valence electrons. The van der Waals surface area contributed by atoms with Crippen molar-refractivity contribution in [3.8, 4) is 5.75 Å². The Bertz CT molecular complexity index is 667. The standard InChI is InChI=1S/C18H24N2O4/c1-20(2)15(14-7-5-6-8-16(14)23-4)11-19-18(21)17-10-9-13(24-17)12-22-3/h5-10,15H,11-12H2,1-4H3,(H,19,21). The van der Waals surface area contributed by atoms with Crippen molar-refractivity contribution in [1.82, 2.24) is 10.2 Å². The van der Waals surface area contributed by atoms with Crippen LogP contribution in [0.15, 0.2) is 40.8 Å². The van der Waals surface area contributed by atoms with Crippen molar-refractivity contribution < 1.29 is 18.7 Å². The first-order valence-electron chi connectivity index (χ1n) is 7.72. The van der Waals surface area contributed by atoms with Crippen LogP contribution in [0.4, 0.5) is 0 Å². The number of ether oxygens (including phenoxy) is 2. The predicted octanol–water partition coefficient (Wildman–Crippen LogP) is 2.47. The molecule has 0 spiro atoms. The lowest BCUT2D eigenvalue weighted by atomic mass is 10.0. The number of likely N-dealkylation sites (N-methyl/N-ethyl adjacent to an activating group) is 1. The molecule has 0 saturated heterocycles. The Morgan fingerprint density at radius 1 is 1.21 bits per heavy atom. The van der Waals surface area contributed by atoms with Crippen LogP contribution in [0.2, 0.25) is 0 Å². The number of methoxy groups -OCH3 is 2. The molecule has 1 heterocycles. The Hall–Kier alpha value is -2.31. The third-order valence-corrected chi connectivity index (χ3v) is 3.75. The zero-order chi connectivity index (χ0) is 17.5. The third-order valence-electron chi connectivity index (χ3n) is 3.75. The molecule has 0 aliphatic heterocycles. The smallest absolute Gasteiger partial charge is 0.287 e. The highest BCUT2D eigenvalue weighted by molar-refractivity contribution is 5.91. The summed E-state index contributed by atoms with van der Waals surface area (Å²) in [5.74, 6) is 1.45. The molecule has 0 aliphatic carbocycles. The van der Waals surface area contributed by atoms with E-state index in [9.17, 15) is 4.79 Å². The molecule has 0 saturated carbocycles. The number of nitrogens with zero attached hydrogens (tertiary/aromatic N) is 1. The number of carbonyl (C=O) groups is 1. The molecule has 1 unspecified atom stereocenters. The van der Waals surface area contributed by atoms with E-state index in [4.69, 9.17) is 13.9 Å². The number of para-hydroxylation sites is 1. The number of amides is 1. The van der Waals surface area contributed by atoms with E-state index in [2.05, 4.69) is 5.32 Å². The van der Waals surface area contributed by atoms with Crippen LogP contribution in [0.3, 0.4) is 0 Å². The Balaban J connectivity index is 2.07. The summed E-state index contributed by atoms with van der Waals surface area (Å²) in [5, 5.41) is 2.91. The van der Waals surface area contributed by atoms with Gasteiger partial charge in [0.05, 0.1) is 13.2 Å². The first-order chi connectivity index (χ1) is 11.6. The molecule has 1 aromatic carbocycles. The van der Waals surface area contributed by atoms with Crippen LogP contribution in [0, 0.1) is 0 Å². The van der Waals surface area contributed by atoms with Crippen molar-refractivity contribution >= 4 is 5.91 Å². The number of benzene rings is 1. The highest BCUT2D eigenvalue weighted by atomic mass is 16.5. The highest BCUT2D eigenvalue weighted by Crippen LogP contribution is 2.27. The summed E-state index contributed by atoms with van der Waals surface area (Å²) in [5.41, 5.74) is 1.02. The van der Waals surface area contributed by atoms with Gasteiger partial charge < -0.3 is 24.1 Å². The van der Waals surface area contributed by atoms with E-state index in [-0.39, 0.29) is 17.7 Å². The van der Waals surface area contributed by atoms with Gasteiger partial charge in [0.1, 0.15) is 18.1 Å². The van der Waals surface area contributed by atoms with Crippen molar-refractivity contribution in [3.05, 3.63) is 53.5 Å². The molecule has 0 aliphatic rings. The number of hydrogen-bond acceptors (Lipinski definition) is 5. The molecule has 24 heavy (non-hydrogen) atoms. The van der Waals surface area contributed by atoms with Crippen LogP contribution in [0.25, 0.3) is 0 Å². The van der Waals surface area contributed by atoms with Crippen molar-refractivity contribution in [2.45, 2.75) is 12.6 Å². The molecule has 1 aromatic heterocycles. The molecule has 0 bridgehead atoms. The van der Waals surface area contributed by atoms with E-state index >= 15 is 0 Å². The van der Waals surface area contributed by atoms with E-state index < -0.39 is 0 Å². The second-order valence-corrected chi connectivity index (χ2v) is 5.63. The molecular weight excluding hydrogens is 308 g/mol. The topological polar surface area (TPSA) is 63.9 Å². The fraction of sp³-hybridized carbons (Fsp3) is 0.389. The minimum Gasteiger partial charge on any atom is -0.496 e. The minimum absolute atomic E-state index is 0.0153. The zero-order valence-electron chi connectivity index (χ0n) is 14.5. The fourth-order valence-corrected chi connectivity index (χ4v) is 2.51. The lowest BCUT2D eigenvalue weighted by Crippen LogP contribution is -2.34. The Morgan fingerprint density at radius 2 is 1.96 bits per heavy atom. The summed E-state index contributed by atoms with van der Waals surface area (Å²) in [6.45, 7) is 0.779. The van der Waals surface area contributed by atoms with Gasteiger partial charge >= 0.3 is 0 Å². The quantitative estimate of drug-likeness (QED) is 0.804. The lowest BCUT2D eigenvalue weighted by Gasteiger charge is -2.26. The average Bonchev–Trinajstić information content (AvgIpc) is 3.04. The Kier molecular flexibility index (Phi) is 6.40. The fourth-order valence-electron chi connectivity index (χ4n) is 2.51. The van der Waals surface area contributed by atoms with Gasteiger partial charge in [-0.15, -0.1) is 0 Å².